The number of methoxy groups -OCH3 is 1. The molecule has 1 heterocycles. The van der Waals surface area contributed by atoms with Gasteiger partial charge in [0.25, 0.3) is 0 Å². The molecule has 0 aromatic rings. The highest BCUT2D eigenvalue weighted by molar-refractivity contribution is 7.90. The van der Waals surface area contributed by atoms with E-state index in [0.717, 1.165) is 25.7 Å². The van der Waals surface area contributed by atoms with Crippen LogP contribution in [-0.2, 0) is 19.6 Å². The molecule has 0 unspecified atom stereocenters. The summed E-state index contributed by atoms with van der Waals surface area (Å²) in [7, 11) is -1.79. The molecule has 0 amide bonds. The van der Waals surface area contributed by atoms with Crippen molar-refractivity contribution in [3.05, 3.63) is 0 Å². The van der Waals surface area contributed by atoms with Crippen LogP contribution in [0, 0.1) is 5.92 Å². The van der Waals surface area contributed by atoms with Crippen LogP contribution in [0.3, 0.4) is 0 Å². The summed E-state index contributed by atoms with van der Waals surface area (Å²) in [6, 6.07) is 0. The number of sulfonamides is 1. The van der Waals surface area contributed by atoms with Gasteiger partial charge in [-0.25, -0.2) is 12.7 Å². The average Bonchev–Trinajstić information content (AvgIpc) is 3.12. The second-order valence-electron chi connectivity index (χ2n) is 4.46. The molecule has 16 heavy (non-hydrogen) atoms. The Kier molecular flexibility index (Phi) is 3.21. The fourth-order valence-electron chi connectivity index (χ4n) is 2.11. The van der Waals surface area contributed by atoms with Gasteiger partial charge in [-0.3, -0.25) is 4.79 Å². The maximum Gasteiger partial charge on any atom is 0.309 e. The first-order valence-corrected chi connectivity index (χ1v) is 7.13. The van der Waals surface area contributed by atoms with E-state index in [0.29, 0.717) is 13.1 Å². The van der Waals surface area contributed by atoms with Gasteiger partial charge in [-0.2, -0.15) is 0 Å². The third-order valence-corrected chi connectivity index (χ3v) is 5.59. The maximum atomic E-state index is 12.0. The van der Waals surface area contributed by atoms with E-state index in [1.807, 2.05) is 0 Å². The Balaban J connectivity index is 2.04. The van der Waals surface area contributed by atoms with Gasteiger partial charge in [-0.1, -0.05) is 0 Å². The Morgan fingerprint density at radius 2 is 2.00 bits per heavy atom. The predicted octanol–water partition coefficient (Wildman–Crippen LogP) is 0.364. The number of carbonyl (C=O) groups excluding carboxylic acids is 1. The van der Waals surface area contributed by atoms with Crippen LogP contribution in [0.2, 0.25) is 0 Å². The third-order valence-electron chi connectivity index (χ3n) is 3.22. The molecule has 1 atom stereocenters. The molecule has 0 spiro atoms. The number of hydrogen-bond acceptors (Lipinski definition) is 4. The number of piperidine rings is 1. The van der Waals surface area contributed by atoms with Crippen LogP contribution < -0.4 is 0 Å². The molecular formula is C10H17NO4S. The molecule has 0 radical (unpaired) electrons. The molecule has 92 valence electrons. The van der Waals surface area contributed by atoms with Crippen molar-refractivity contribution < 1.29 is 17.9 Å². The van der Waals surface area contributed by atoms with E-state index < -0.39 is 10.0 Å². The molecule has 1 aliphatic carbocycles. The Bertz CT molecular complexity index is 374. The summed E-state index contributed by atoms with van der Waals surface area (Å²) in [5.41, 5.74) is 0. The smallest absolute Gasteiger partial charge is 0.309 e. The molecule has 2 aliphatic rings. The van der Waals surface area contributed by atoms with Crippen molar-refractivity contribution in [3.8, 4) is 0 Å². The fourth-order valence-corrected chi connectivity index (χ4v) is 4.03. The molecular weight excluding hydrogens is 230 g/mol. The number of ether oxygens (including phenoxy) is 1. The first-order chi connectivity index (χ1) is 7.55. The van der Waals surface area contributed by atoms with Crippen LogP contribution >= 0.6 is 0 Å². The number of carbonyl (C=O) groups is 1. The van der Waals surface area contributed by atoms with Crippen LogP contribution in [0.25, 0.3) is 0 Å². The molecule has 1 aliphatic heterocycles. The van der Waals surface area contributed by atoms with Crippen LogP contribution in [0.4, 0.5) is 0 Å². The van der Waals surface area contributed by atoms with Crippen LogP contribution in [-0.4, -0.2) is 44.1 Å². The van der Waals surface area contributed by atoms with Gasteiger partial charge in [0.05, 0.1) is 18.3 Å². The summed E-state index contributed by atoms with van der Waals surface area (Å²) in [4.78, 5) is 11.4. The van der Waals surface area contributed by atoms with Gasteiger partial charge in [0, 0.05) is 13.1 Å². The van der Waals surface area contributed by atoms with E-state index in [4.69, 9.17) is 0 Å². The minimum atomic E-state index is -3.14. The zero-order valence-electron chi connectivity index (χ0n) is 9.39. The van der Waals surface area contributed by atoms with Gasteiger partial charge in [0.2, 0.25) is 10.0 Å². The monoisotopic (exact) mass is 247 g/mol. The Morgan fingerprint density at radius 1 is 1.31 bits per heavy atom. The Hall–Kier alpha value is -0.620. The Morgan fingerprint density at radius 3 is 2.56 bits per heavy atom. The van der Waals surface area contributed by atoms with Crippen molar-refractivity contribution in [2.45, 2.75) is 30.9 Å². The molecule has 1 saturated heterocycles. The van der Waals surface area contributed by atoms with Gasteiger partial charge >= 0.3 is 5.97 Å². The standard InChI is InChI=1S/C10H17NO4S/c1-15-10(12)8-3-2-6-11(7-8)16(13,14)9-4-5-9/h8-9H,2-7H2,1H3/t8-/m0/s1. The van der Waals surface area contributed by atoms with E-state index in [-0.39, 0.29) is 17.1 Å². The molecule has 5 nitrogen and oxygen atoms in total. The molecule has 1 saturated carbocycles. The predicted molar refractivity (Wildman–Crippen MR) is 58.3 cm³/mol. The van der Waals surface area contributed by atoms with Crippen LogP contribution in [0.1, 0.15) is 25.7 Å². The van der Waals surface area contributed by atoms with Gasteiger partial charge in [0.1, 0.15) is 0 Å². The maximum absolute atomic E-state index is 12.0. The van der Waals surface area contributed by atoms with E-state index in [2.05, 4.69) is 4.74 Å². The minimum Gasteiger partial charge on any atom is -0.469 e. The lowest BCUT2D eigenvalue weighted by atomic mass is 10.0. The molecule has 0 aromatic heterocycles. The first-order valence-electron chi connectivity index (χ1n) is 5.62. The van der Waals surface area contributed by atoms with E-state index >= 15 is 0 Å². The van der Waals surface area contributed by atoms with Crippen molar-refractivity contribution in [2.75, 3.05) is 20.2 Å². The summed E-state index contributed by atoms with van der Waals surface area (Å²) in [5.74, 6) is -0.581. The SMILES string of the molecule is COC(=O)[C@H]1CCCN(S(=O)(=O)C2CC2)C1. The van der Waals surface area contributed by atoms with Crippen LogP contribution in [0.15, 0.2) is 0 Å². The highest BCUT2D eigenvalue weighted by Crippen LogP contribution is 2.33. The van der Waals surface area contributed by atoms with Gasteiger partial charge in [-0.15, -0.1) is 0 Å². The summed E-state index contributed by atoms with van der Waals surface area (Å²) in [6.45, 7) is 0.845. The summed E-state index contributed by atoms with van der Waals surface area (Å²) in [5, 5.41) is -0.191. The third kappa shape index (κ3) is 2.22. The zero-order chi connectivity index (χ0) is 11.8. The van der Waals surface area contributed by atoms with Crippen molar-refractivity contribution in [1.82, 2.24) is 4.31 Å². The Labute approximate surface area is 95.8 Å². The molecule has 6 heteroatoms. The van der Waals surface area contributed by atoms with E-state index in [1.165, 1.54) is 11.4 Å². The second-order valence-corrected chi connectivity index (χ2v) is 6.68. The van der Waals surface area contributed by atoms with Gasteiger partial charge in [-0.05, 0) is 25.7 Å². The molecule has 0 bridgehead atoms. The summed E-state index contributed by atoms with van der Waals surface area (Å²) >= 11 is 0. The molecule has 0 aromatic carbocycles. The van der Waals surface area contributed by atoms with E-state index in [9.17, 15) is 13.2 Å². The lowest BCUT2D eigenvalue weighted by Gasteiger charge is -2.30. The van der Waals surface area contributed by atoms with Crippen LogP contribution in [0.5, 0.6) is 0 Å². The fraction of sp³-hybridized carbons (Fsp3) is 0.900. The highest BCUT2D eigenvalue weighted by atomic mass is 32.2. The molecule has 0 N–H and O–H groups in total. The average molecular weight is 247 g/mol. The number of esters is 1. The minimum absolute atomic E-state index is 0.191. The highest BCUT2D eigenvalue weighted by Gasteiger charge is 2.42. The first kappa shape index (κ1) is 11.9. The van der Waals surface area contributed by atoms with Gasteiger partial charge < -0.3 is 4.74 Å². The van der Waals surface area contributed by atoms with Crippen molar-refractivity contribution in [1.29, 1.82) is 0 Å². The molecule has 2 fully saturated rings. The summed E-state index contributed by atoms with van der Waals surface area (Å²) < 4.78 is 30.1. The van der Waals surface area contributed by atoms with Crippen molar-refractivity contribution >= 4 is 16.0 Å². The topological polar surface area (TPSA) is 63.7 Å². The second kappa shape index (κ2) is 4.33. The number of nitrogens with zero attached hydrogens (tertiary/aromatic N) is 1. The molecule has 2 rings (SSSR count). The van der Waals surface area contributed by atoms with E-state index in [1.54, 1.807) is 0 Å². The zero-order valence-corrected chi connectivity index (χ0v) is 10.2. The van der Waals surface area contributed by atoms with Gasteiger partial charge in [0.15, 0.2) is 0 Å². The largest absolute Gasteiger partial charge is 0.469 e. The lowest BCUT2D eigenvalue weighted by Crippen LogP contribution is -2.43. The number of rotatable bonds is 3. The number of hydrogen-bond donors (Lipinski definition) is 0. The van der Waals surface area contributed by atoms with Crippen molar-refractivity contribution in [3.63, 3.8) is 0 Å². The lowest BCUT2D eigenvalue weighted by molar-refractivity contribution is -0.146. The quantitative estimate of drug-likeness (QED) is 0.676. The summed E-state index contributed by atoms with van der Waals surface area (Å²) in [6.07, 6.45) is 3.00. The van der Waals surface area contributed by atoms with Crippen molar-refractivity contribution in [2.24, 2.45) is 5.92 Å². The normalized spacial score (nSPS) is 27.7.